The summed E-state index contributed by atoms with van der Waals surface area (Å²) in [6, 6.07) is 27.4. The molecule has 0 unspecified atom stereocenters. The third-order valence-electron chi connectivity index (χ3n) is 6.47. The Hall–Kier alpha value is -4.71. The molecule has 0 atom stereocenters. The van der Waals surface area contributed by atoms with Gasteiger partial charge in [0, 0.05) is 28.0 Å². The molecule has 3 heterocycles. The van der Waals surface area contributed by atoms with Gasteiger partial charge >= 0.3 is 0 Å². The van der Waals surface area contributed by atoms with Gasteiger partial charge in [0.15, 0.2) is 5.76 Å². The maximum atomic E-state index is 13.5. The predicted molar refractivity (Wildman–Crippen MR) is 144 cm³/mol. The fourth-order valence-corrected chi connectivity index (χ4v) is 4.61. The third-order valence-corrected chi connectivity index (χ3v) is 6.47. The minimum atomic E-state index is -0.250. The highest BCUT2D eigenvalue weighted by molar-refractivity contribution is 5.85. The fourth-order valence-electron chi connectivity index (χ4n) is 4.61. The van der Waals surface area contributed by atoms with E-state index in [0.29, 0.717) is 22.5 Å². The molecular weight excluding hydrogens is 448 g/mol. The topological polar surface area (TPSA) is 65.3 Å². The first kappa shape index (κ1) is 21.8. The number of aryl methyl sites for hydroxylation is 2. The van der Waals surface area contributed by atoms with Gasteiger partial charge in [0.25, 0.3) is 5.56 Å². The second-order valence-electron chi connectivity index (χ2n) is 8.96. The Balaban J connectivity index is 1.51. The average Bonchev–Trinajstić information content (AvgIpc) is 3.44. The molecule has 0 amide bonds. The SMILES string of the molecule is Cc1ccc(-n2c(C)cc(C=Nn3c(-c4cc5ccccc5o4)nc4ccccc4c3=O)c2C)cc1. The quantitative estimate of drug-likeness (QED) is 0.279. The summed E-state index contributed by atoms with van der Waals surface area (Å²) in [5.74, 6) is 0.847. The molecule has 0 N–H and O–H groups in total. The minimum absolute atomic E-state index is 0.250. The summed E-state index contributed by atoms with van der Waals surface area (Å²) in [4.78, 5) is 18.3. The number of nitrogens with zero attached hydrogens (tertiary/aromatic N) is 4. The summed E-state index contributed by atoms with van der Waals surface area (Å²) in [6.45, 7) is 6.19. The standard InChI is InChI=1S/C30H24N4O2/c1-19-12-14-24(15-13-19)33-20(2)16-23(21(33)3)18-31-34-29(28-17-22-8-4-7-11-27(22)36-28)32-26-10-6-5-9-25(26)30(34)35/h4-18H,1-3H3. The molecule has 6 aromatic rings. The smallest absolute Gasteiger partial charge is 0.282 e. The Kier molecular flexibility index (Phi) is 5.15. The van der Waals surface area contributed by atoms with Gasteiger partial charge in [-0.2, -0.15) is 9.78 Å². The van der Waals surface area contributed by atoms with Crippen molar-refractivity contribution in [2.24, 2.45) is 5.10 Å². The van der Waals surface area contributed by atoms with Crippen LogP contribution >= 0.6 is 0 Å². The van der Waals surface area contributed by atoms with Crippen LogP contribution in [0.15, 0.2) is 99.2 Å². The van der Waals surface area contributed by atoms with Crippen LogP contribution in [0.4, 0.5) is 0 Å². The van der Waals surface area contributed by atoms with Crippen LogP contribution in [0.1, 0.15) is 22.5 Å². The van der Waals surface area contributed by atoms with Crippen molar-refractivity contribution in [1.29, 1.82) is 0 Å². The van der Waals surface area contributed by atoms with Crippen molar-refractivity contribution in [3.63, 3.8) is 0 Å². The van der Waals surface area contributed by atoms with Gasteiger partial charge in [-0.25, -0.2) is 4.98 Å². The molecular formula is C30H24N4O2. The molecule has 6 heteroatoms. The number of furan rings is 1. The number of benzene rings is 3. The highest BCUT2D eigenvalue weighted by Gasteiger charge is 2.17. The second-order valence-corrected chi connectivity index (χ2v) is 8.96. The van der Waals surface area contributed by atoms with E-state index in [-0.39, 0.29) is 5.56 Å². The van der Waals surface area contributed by atoms with E-state index in [1.807, 2.05) is 48.5 Å². The summed E-state index contributed by atoms with van der Waals surface area (Å²) < 4.78 is 9.58. The zero-order valence-electron chi connectivity index (χ0n) is 20.3. The molecule has 6 nitrogen and oxygen atoms in total. The number of hydrogen-bond donors (Lipinski definition) is 0. The molecule has 3 aromatic heterocycles. The first-order valence-electron chi connectivity index (χ1n) is 11.8. The lowest BCUT2D eigenvalue weighted by atomic mass is 10.2. The number of para-hydroxylation sites is 2. The normalized spacial score (nSPS) is 11.8. The van der Waals surface area contributed by atoms with Crippen LogP contribution in [0.2, 0.25) is 0 Å². The van der Waals surface area contributed by atoms with Crippen molar-refractivity contribution in [2.75, 3.05) is 0 Å². The highest BCUT2D eigenvalue weighted by atomic mass is 16.3. The van der Waals surface area contributed by atoms with E-state index >= 15 is 0 Å². The summed E-state index contributed by atoms with van der Waals surface area (Å²) in [6.07, 6.45) is 1.72. The van der Waals surface area contributed by atoms with E-state index in [2.05, 4.69) is 60.8 Å². The molecule has 36 heavy (non-hydrogen) atoms. The lowest BCUT2D eigenvalue weighted by Crippen LogP contribution is -2.20. The van der Waals surface area contributed by atoms with E-state index in [1.165, 1.54) is 10.2 Å². The molecule has 0 saturated heterocycles. The molecule has 0 saturated carbocycles. The van der Waals surface area contributed by atoms with Crippen LogP contribution in [-0.4, -0.2) is 20.4 Å². The van der Waals surface area contributed by atoms with Crippen molar-refractivity contribution >= 4 is 28.1 Å². The largest absolute Gasteiger partial charge is 0.453 e. The number of fused-ring (bicyclic) bond motifs is 2. The van der Waals surface area contributed by atoms with Gasteiger partial charge in [-0.15, -0.1) is 0 Å². The number of hydrogen-bond acceptors (Lipinski definition) is 4. The molecule has 0 spiro atoms. The van der Waals surface area contributed by atoms with E-state index in [0.717, 1.165) is 33.6 Å². The van der Waals surface area contributed by atoms with Crippen LogP contribution in [0, 0.1) is 20.8 Å². The van der Waals surface area contributed by atoms with Gasteiger partial charge < -0.3 is 8.98 Å². The van der Waals surface area contributed by atoms with E-state index in [4.69, 9.17) is 9.40 Å². The van der Waals surface area contributed by atoms with Crippen LogP contribution in [0.3, 0.4) is 0 Å². The second kappa shape index (κ2) is 8.50. The zero-order chi connectivity index (χ0) is 24.8. The average molecular weight is 473 g/mol. The van der Waals surface area contributed by atoms with Crippen LogP contribution < -0.4 is 5.56 Å². The molecule has 0 radical (unpaired) electrons. The first-order chi connectivity index (χ1) is 17.5. The highest BCUT2D eigenvalue weighted by Crippen LogP contribution is 2.27. The van der Waals surface area contributed by atoms with Crippen LogP contribution in [0.5, 0.6) is 0 Å². The molecule has 0 fully saturated rings. The van der Waals surface area contributed by atoms with Gasteiger partial charge in [0.05, 0.1) is 17.1 Å². The predicted octanol–water partition coefficient (Wildman–Crippen LogP) is 6.41. The Morgan fingerprint density at radius 2 is 1.64 bits per heavy atom. The van der Waals surface area contributed by atoms with Gasteiger partial charge in [0.1, 0.15) is 5.58 Å². The van der Waals surface area contributed by atoms with Crippen molar-refractivity contribution in [2.45, 2.75) is 20.8 Å². The van der Waals surface area contributed by atoms with Crippen LogP contribution in [-0.2, 0) is 0 Å². The van der Waals surface area contributed by atoms with Crippen molar-refractivity contribution in [1.82, 2.24) is 14.2 Å². The lowest BCUT2D eigenvalue weighted by molar-refractivity contribution is 0.616. The molecule has 0 aliphatic carbocycles. The van der Waals surface area contributed by atoms with Gasteiger partial charge in [-0.1, -0.05) is 48.0 Å². The van der Waals surface area contributed by atoms with Crippen LogP contribution in [0.25, 0.3) is 39.1 Å². The van der Waals surface area contributed by atoms with Gasteiger partial charge in [-0.3, -0.25) is 4.79 Å². The Bertz CT molecular complexity index is 1800. The van der Waals surface area contributed by atoms with E-state index in [1.54, 1.807) is 12.3 Å². The monoisotopic (exact) mass is 472 g/mol. The summed E-state index contributed by atoms with van der Waals surface area (Å²) in [7, 11) is 0. The lowest BCUT2D eigenvalue weighted by Gasteiger charge is -2.10. The van der Waals surface area contributed by atoms with E-state index < -0.39 is 0 Å². The Morgan fingerprint density at radius 3 is 2.44 bits per heavy atom. The molecule has 3 aromatic carbocycles. The minimum Gasteiger partial charge on any atom is -0.453 e. The van der Waals surface area contributed by atoms with E-state index in [9.17, 15) is 4.79 Å². The maximum Gasteiger partial charge on any atom is 0.282 e. The van der Waals surface area contributed by atoms with Crippen molar-refractivity contribution in [3.05, 3.63) is 118 Å². The van der Waals surface area contributed by atoms with Gasteiger partial charge in [-0.05, 0) is 63.2 Å². The van der Waals surface area contributed by atoms with Crippen molar-refractivity contribution in [3.8, 4) is 17.3 Å². The van der Waals surface area contributed by atoms with Crippen molar-refractivity contribution < 1.29 is 4.42 Å². The molecule has 0 bridgehead atoms. The third kappa shape index (κ3) is 3.64. The molecule has 176 valence electrons. The number of rotatable bonds is 4. The Labute approximate surface area is 207 Å². The summed E-state index contributed by atoms with van der Waals surface area (Å²) in [5.41, 5.74) is 6.41. The maximum absolute atomic E-state index is 13.5. The zero-order valence-corrected chi connectivity index (χ0v) is 20.3. The molecule has 0 aliphatic heterocycles. The Morgan fingerprint density at radius 1 is 0.889 bits per heavy atom. The molecule has 6 rings (SSSR count). The fraction of sp³-hybridized carbons (Fsp3) is 0.100. The molecule has 0 aliphatic rings. The first-order valence-corrected chi connectivity index (χ1v) is 11.8. The van der Waals surface area contributed by atoms with Gasteiger partial charge in [0.2, 0.25) is 5.82 Å². The summed E-state index contributed by atoms with van der Waals surface area (Å²) in [5, 5.41) is 6.08. The summed E-state index contributed by atoms with van der Waals surface area (Å²) >= 11 is 0. The number of aromatic nitrogens is 3.